The van der Waals surface area contributed by atoms with Crippen LogP contribution in [0, 0.1) is 0 Å². The predicted octanol–water partition coefficient (Wildman–Crippen LogP) is 1.94. The molecule has 0 saturated heterocycles. The van der Waals surface area contributed by atoms with Gasteiger partial charge in [-0.05, 0) is 12.0 Å². The molecule has 1 aromatic heterocycles. The van der Waals surface area contributed by atoms with E-state index in [9.17, 15) is 0 Å². The molecule has 0 aromatic carbocycles. The zero-order valence-corrected chi connectivity index (χ0v) is 9.05. The summed E-state index contributed by atoms with van der Waals surface area (Å²) in [5.74, 6) is 0. The molecule has 58 valence electrons. The van der Waals surface area contributed by atoms with E-state index in [1.807, 2.05) is 24.1 Å². The van der Waals surface area contributed by atoms with Gasteiger partial charge in [-0.25, -0.2) is 0 Å². The number of hydrogen-bond acceptors (Lipinski definition) is 1. The summed E-state index contributed by atoms with van der Waals surface area (Å²) in [7, 11) is 1.93. The Morgan fingerprint density at radius 3 is 2.80 bits per heavy atom. The molecule has 0 radical (unpaired) electrons. The lowest BCUT2D eigenvalue weighted by atomic mass is 10.3. The number of aromatic nitrogens is 2. The smallest absolute Gasteiger partial charge is 0.0521 e. The van der Waals surface area contributed by atoms with Gasteiger partial charge in [0.2, 0.25) is 0 Å². The molecule has 10 heavy (non-hydrogen) atoms. The van der Waals surface area contributed by atoms with Crippen molar-refractivity contribution in [3.63, 3.8) is 0 Å². The molecule has 1 aromatic rings. The van der Waals surface area contributed by atoms with Crippen molar-refractivity contribution in [2.45, 2.75) is 6.42 Å². The first-order valence-electron chi connectivity index (χ1n) is 2.86. The number of aryl methyl sites for hydroxylation is 2. The first-order chi connectivity index (χ1) is 4.33. The molecule has 0 spiro atoms. The van der Waals surface area contributed by atoms with Crippen LogP contribution in [-0.4, -0.2) is 15.1 Å². The van der Waals surface area contributed by atoms with E-state index < -0.39 is 0 Å². The van der Waals surface area contributed by atoms with E-state index in [0.29, 0.717) is 0 Å². The van der Waals surface area contributed by atoms with Crippen LogP contribution in [0.2, 0.25) is 0 Å². The first-order valence-corrected chi connectivity index (χ1v) is 3.98. The van der Waals surface area contributed by atoms with Gasteiger partial charge in [-0.15, -0.1) is 17.0 Å². The number of rotatable bonds is 2. The molecular formula is C6H10Br2N2. The lowest BCUT2D eigenvalue weighted by molar-refractivity contribution is 0.767. The molecule has 0 bridgehead atoms. The Bertz CT molecular complexity index is 186. The Labute approximate surface area is 79.5 Å². The molecule has 0 aliphatic heterocycles. The minimum Gasteiger partial charge on any atom is -0.276 e. The summed E-state index contributed by atoms with van der Waals surface area (Å²) >= 11 is 3.36. The normalized spacial score (nSPS) is 9.00. The maximum atomic E-state index is 4.03. The Morgan fingerprint density at radius 2 is 2.40 bits per heavy atom. The number of nitrogens with zero attached hydrogens (tertiary/aromatic N) is 2. The highest BCUT2D eigenvalue weighted by atomic mass is 79.9. The number of hydrogen-bond donors (Lipinski definition) is 0. The molecule has 2 nitrogen and oxygen atoms in total. The fraction of sp³-hybridized carbons (Fsp3) is 0.500. The Kier molecular flexibility index (Phi) is 4.99. The maximum Gasteiger partial charge on any atom is 0.0521 e. The Morgan fingerprint density at radius 1 is 1.70 bits per heavy atom. The van der Waals surface area contributed by atoms with Gasteiger partial charge < -0.3 is 0 Å². The van der Waals surface area contributed by atoms with E-state index in [1.165, 1.54) is 5.56 Å². The molecular weight excluding hydrogens is 260 g/mol. The number of halogens is 2. The van der Waals surface area contributed by atoms with Crippen molar-refractivity contribution in [1.82, 2.24) is 9.78 Å². The molecule has 0 saturated carbocycles. The third kappa shape index (κ3) is 2.84. The van der Waals surface area contributed by atoms with Crippen molar-refractivity contribution >= 4 is 32.9 Å². The minimum atomic E-state index is 0. The zero-order chi connectivity index (χ0) is 6.69. The van der Waals surface area contributed by atoms with Gasteiger partial charge in [0.25, 0.3) is 0 Å². The second kappa shape index (κ2) is 4.91. The summed E-state index contributed by atoms with van der Waals surface area (Å²) in [6.07, 6.45) is 4.98. The van der Waals surface area contributed by atoms with Gasteiger partial charge in [0, 0.05) is 18.6 Å². The first kappa shape index (κ1) is 10.2. The predicted molar refractivity (Wildman–Crippen MR) is 51.0 cm³/mol. The van der Waals surface area contributed by atoms with Crippen LogP contribution < -0.4 is 0 Å². The fourth-order valence-corrected chi connectivity index (χ4v) is 1.17. The Hall–Kier alpha value is 0.170. The van der Waals surface area contributed by atoms with Crippen LogP contribution in [0.15, 0.2) is 12.4 Å². The SMILES string of the molecule is Br.Cn1cc(CCBr)cn1. The largest absolute Gasteiger partial charge is 0.276 e. The van der Waals surface area contributed by atoms with Crippen LogP contribution in [0.25, 0.3) is 0 Å². The van der Waals surface area contributed by atoms with Gasteiger partial charge in [0.15, 0.2) is 0 Å². The third-order valence-electron chi connectivity index (χ3n) is 1.14. The van der Waals surface area contributed by atoms with E-state index in [-0.39, 0.29) is 17.0 Å². The van der Waals surface area contributed by atoms with Gasteiger partial charge in [0.05, 0.1) is 6.20 Å². The lowest BCUT2D eigenvalue weighted by Crippen LogP contribution is -1.85. The van der Waals surface area contributed by atoms with Crippen LogP contribution in [0.4, 0.5) is 0 Å². The van der Waals surface area contributed by atoms with E-state index in [1.54, 1.807) is 0 Å². The van der Waals surface area contributed by atoms with Crippen molar-refractivity contribution in [2.24, 2.45) is 7.05 Å². The average Bonchev–Trinajstić information content (AvgIpc) is 2.17. The molecule has 0 amide bonds. The van der Waals surface area contributed by atoms with Crippen LogP contribution in [0.5, 0.6) is 0 Å². The van der Waals surface area contributed by atoms with Gasteiger partial charge >= 0.3 is 0 Å². The molecule has 0 unspecified atom stereocenters. The molecule has 4 heteroatoms. The van der Waals surface area contributed by atoms with Gasteiger partial charge in [-0.3, -0.25) is 4.68 Å². The second-order valence-electron chi connectivity index (χ2n) is 1.96. The van der Waals surface area contributed by atoms with E-state index >= 15 is 0 Å². The summed E-state index contributed by atoms with van der Waals surface area (Å²) in [6.45, 7) is 0. The van der Waals surface area contributed by atoms with Crippen molar-refractivity contribution in [1.29, 1.82) is 0 Å². The highest BCUT2D eigenvalue weighted by molar-refractivity contribution is 9.09. The van der Waals surface area contributed by atoms with Crippen molar-refractivity contribution < 1.29 is 0 Å². The average molecular weight is 270 g/mol. The second-order valence-corrected chi connectivity index (χ2v) is 2.75. The van der Waals surface area contributed by atoms with Gasteiger partial charge in [-0.1, -0.05) is 15.9 Å². The van der Waals surface area contributed by atoms with Gasteiger partial charge in [0.1, 0.15) is 0 Å². The quantitative estimate of drug-likeness (QED) is 0.751. The maximum absolute atomic E-state index is 4.03. The zero-order valence-electron chi connectivity index (χ0n) is 5.75. The molecule has 1 rings (SSSR count). The number of alkyl halides is 1. The standard InChI is InChI=1S/C6H9BrN2.BrH/c1-9-5-6(2-3-7)4-8-9;/h4-5H,2-3H2,1H3;1H. The molecule has 0 N–H and O–H groups in total. The van der Waals surface area contributed by atoms with Gasteiger partial charge in [-0.2, -0.15) is 5.10 Å². The lowest BCUT2D eigenvalue weighted by Gasteiger charge is -1.85. The monoisotopic (exact) mass is 268 g/mol. The summed E-state index contributed by atoms with van der Waals surface area (Å²) in [4.78, 5) is 0. The topological polar surface area (TPSA) is 17.8 Å². The van der Waals surface area contributed by atoms with E-state index in [4.69, 9.17) is 0 Å². The van der Waals surface area contributed by atoms with E-state index in [0.717, 1.165) is 11.8 Å². The molecule has 0 atom stereocenters. The highest BCUT2D eigenvalue weighted by Crippen LogP contribution is 1.98. The van der Waals surface area contributed by atoms with Crippen LogP contribution in [-0.2, 0) is 13.5 Å². The van der Waals surface area contributed by atoms with Crippen molar-refractivity contribution in [3.05, 3.63) is 18.0 Å². The van der Waals surface area contributed by atoms with E-state index in [2.05, 4.69) is 21.0 Å². The molecule has 0 aliphatic rings. The van der Waals surface area contributed by atoms with Crippen LogP contribution in [0.1, 0.15) is 5.56 Å². The summed E-state index contributed by atoms with van der Waals surface area (Å²) in [5, 5.41) is 5.04. The third-order valence-corrected chi connectivity index (χ3v) is 1.54. The van der Waals surface area contributed by atoms with Crippen LogP contribution >= 0.6 is 32.9 Å². The molecule has 1 heterocycles. The Balaban J connectivity index is 0.000000810. The fourth-order valence-electron chi connectivity index (χ4n) is 0.710. The summed E-state index contributed by atoms with van der Waals surface area (Å²) in [5.41, 5.74) is 1.29. The molecule has 0 fully saturated rings. The van der Waals surface area contributed by atoms with Crippen molar-refractivity contribution in [2.75, 3.05) is 5.33 Å². The highest BCUT2D eigenvalue weighted by Gasteiger charge is 1.91. The minimum absolute atomic E-state index is 0. The van der Waals surface area contributed by atoms with Crippen molar-refractivity contribution in [3.8, 4) is 0 Å². The van der Waals surface area contributed by atoms with Crippen LogP contribution in [0.3, 0.4) is 0 Å². The molecule has 0 aliphatic carbocycles. The summed E-state index contributed by atoms with van der Waals surface area (Å²) < 4.78 is 1.82. The summed E-state index contributed by atoms with van der Waals surface area (Å²) in [6, 6.07) is 0.